The van der Waals surface area contributed by atoms with Crippen molar-refractivity contribution >= 4 is 6.03 Å². The number of rotatable bonds is 7. The Balaban J connectivity index is 1.61. The second kappa shape index (κ2) is 8.98. The van der Waals surface area contributed by atoms with Crippen molar-refractivity contribution in [2.75, 3.05) is 13.2 Å². The van der Waals surface area contributed by atoms with Gasteiger partial charge in [-0.25, -0.2) is 18.6 Å². The maximum Gasteiger partial charge on any atom is 0.315 e. The van der Waals surface area contributed by atoms with Gasteiger partial charge < -0.3 is 19.9 Å². The van der Waals surface area contributed by atoms with Gasteiger partial charge in [0.2, 0.25) is 0 Å². The molecule has 28 heavy (non-hydrogen) atoms. The topological polar surface area (TPSA) is 68.2 Å². The van der Waals surface area contributed by atoms with E-state index in [4.69, 9.17) is 4.74 Å². The zero-order valence-corrected chi connectivity index (χ0v) is 15.2. The molecule has 1 aromatic heterocycles. The van der Waals surface area contributed by atoms with Crippen molar-refractivity contribution in [1.82, 2.24) is 20.2 Å². The van der Waals surface area contributed by atoms with E-state index in [9.17, 15) is 13.6 Å². The monoisotopic (exact) mass is 386 g/mol. The zero-order valence-electron chi connectivity index (χ0n) is 15.2. The molecule has 0 unspecified atom stereocenters. The number of hydrogen-bond donors (Lipinski definition) is 2. The molecule has 0 fully saturated rings. The molecule has 3 aromatic rings. The minimum absolute atomic E-state index is 0.0844. The maximum absolute atomic E-state index is 14.3. The van der Waals surface area contributed by atoms with Crippen molar-refractivity contribution in [2.24, 2.45) is 7.05 Å². The Labute approximate surface area is 161 Å². The van der Waals surface area contributed by atoms with Crippen LogP contribution in [-0.2, 0) is 7.05 Å². The molecule has 3 rings (SSSR count). The largest absolute Gasteiger partial charge is 0.489 e. The van der Waals surface area contributed by atoms with E-state index in [0.29, 0.717) is 11.4 Å². The first-order valence-electron chi connectivity index (χ1n) is 8.69. The number of imidazole rings is 1. The molecule has 1 heterocycles. The highest BCUT2D eigenvalue weighted by Gasteiger charge is 2.23. The Kier molecular flexibility index (Phi) is 6.21. The number of carbonyl (C=O) groups excluding carboxylic acids is 1. The molecule has 0 aliphatic rings. The minimum Gasteiger partial charge on any atom is -0.489 e. The zero-order chi connectivity index (χ0) is 19.9. The van der Waals surface area contributed by atoms with Crippen molar-refractivity contribution < 1.29 is 18.3 Å². The standard InChI is InChI=1S/C20H20F2N4O2/c1-26-12-10-23-19(26)18(14-6-2-3-7-15(14)21)25-20(27)24-11-13-28-17-9-5-4-8-16(17)22/h2-10,12,18H,11,13H2,1H3,(H2,24,25,27)/t18-/m1/s1. The summed E-state index contributed by atoms with van der Waals surface area (Å²) in [6, 6.07) is 10.9. The SMILES string of the molecule is Cn1ccnc1[C@H](NC(=O)NCCOc1ccccc1F)c1ccccc1F. The number of nitrogens with one attached hydrogen (secondary N) is 2. The highest BCUT2D eigenvalue weighted by molar-refractivity contribution is 5.74. The first-order valence-corrected chi connectivity index (χ1v) is 8.69. The molecule has 6 nitrogen and oxygen atoms in total. The number of urea groups is 1. The molecular formula is C20H20F2N4O2. The summed E-state index contributed by atoms with van der Waals surface area (Å²) >= 11 is 0. The van der Waals surface area contributed by atoms with Crippen molar-refractivity contribution in [2.45, 2.75) is 6.04 Å². The van der Waals surface area contributed by atoms with Gasteiger partial charge in [0.25, 0.3) is 0 Å². The molecule has 2 aromatic carbocycles. The van der Waals surface area contributed by atoms with E-state index in [0.717, 1.165) is 0 Å². The van der Waals surface area contributed by atoms with E-state index in [-0.39, 0.29) is 18.9 Å². The molecule has 0 radical (unpaired) electrons. The highest BCUT2D eigenvalue weighted by atomic mass is 19.1. The number of ether oxygens (including phenoxy) is 1. The summed E-state index contributed by atoms with van der Waals surface area (Å²) in [5.41, 5.74) is 0.301. The van der Waals surface area contributed by atoms with Gasteiger partial charge in [-0.05, 0) is 18.2 Å². The molecular weight excluding hydrogens is 366 g/mol. The smallest absolute Gasteiger partial charge is 0.315 e. The van der Waals surface area contributed by atoms with Crippen LogP contribution in [0.1, 0.15) is 17.4 Å². The van der Waals surface area contributed by atoms with Crippen molar-refractivity contribution in [3.63, 3.8) is 0 Å². The van der Waals surface area contributed by atoms with Gasteiger partial charge in [-0.1, -0.05) is 30.3 Å². The van der Waals surface area contributed by atoms with Gasteiger partial charge in [0.15, 0.2) is 11.6 Å². The number of halogens is 2. The van der Waals surface area contributed by atoms with E-state index in [1.807, 2.05) is 0 Å². The van der Waals surface area contributed by atoms with Crippen LogP contribution in [-0.4, -0.2) is 28.7 Å². The minimum atomic E-state index is -0.770. The van der Waals surface area contributed by atoms with Crippen LogP contribution in [0.5, 0.6) is 5.75 Å². The first kappa shape index (κ1) is 19.3. The van der Waals surface area contributed by atoms with Crippen LogP contribution in [0.25, 0.3) is 0 Å². The fourth-order valence-corrected chi connectivity index (χ4v) is 2.72. The second-order valence-electron chi connectivity index (χ2n) is 6.03. The van der Waals surface area contributed by atoms with Gasteiger partial charge in [-0.2, -0.15) is 0 Å². The van der Waals surface area contributed by atoms with Crippen LogP contribution in [0.2, 0.25) is 0 Å². The van der Waals surface area contributed by atoms with Crippen LogP contribution in [0.3, 0.4) is 0 Å². The van der Waals surface area contributed by atoms with Crippen LogP contribution in [0.4, 0.5) is 13.6 Å². The van der Waals surface area contributed by atoms with Crippen molar-refractivity contribution in [3.8, 4) is 5.75 Å². The summed E-state index contributed by atoms with van der Waals surface area (Å²) < 4.78 is 34.8. The molecule has 0 bridgehead atoms. The summed E-state index contributed by atoms with van der Waals surface area (Å²) in [7, 11) is 1.76. The molecule has 146 valence electrons. The Morgan fingerprint density at radius 2 is 1.86 bits per heavy atom. The van der Waals surface area contributed by atoms with Crippen LogP contribution in [0, 0.1) is 11.6 Å². The number of hydrogen-bond acceptors (Lipinski definition) is 3. The summed E-state index contributed by atoms with van der Waals surface area (Å²) in [5.74, 6) is -0.315. The van der Waals surface area contributed by atoms with Crippen molar-refractivity contribution in [1.29, 1.82) is 0 Å². The summed E-state index contributed by atoms with van der Waals surface area (Å²) in [4.78, 5) is 16.5. The van der Waals surface area contributed by atoms with Gasteiger partial charge in [0.1, 0.15) is 24.3 Å². The fourth-order valence-electron chi connectivity index (χ4n) is 2.72. The van der Waals surface area contributed by atoms with Gasteiger partial charge in [-0.15, -0.1) is 0 Å². The first-order chi connectivity index (χ1) is 13.6. The van der Waals surface area contributed by atoms with E-state index < -0.39 is 23.7 Å². The second-order valence-corrected chi connectivity index (χ2v) is 6.03. The van der Waals surface area contributed by atoms with Crippen LogP contribution >= 0.6 is 0 Å². The third-order valence-electron chi connectivity index (χ3n) is 4.09. The number of aromatic nitrogens is 2. The predicted molar refractivity (Wildman–Crippen MR) is 99.9 cm³/mol. The quantitative estimate of drug-likeness (QED) is 0.613. The molecule has 8 heteroatoms. The number of nitrogens with zero attached hydrogens (tertiary/aromatic N) is 2. The Bertz CT molecular complexity index is 945. The third kappa shape index (κ3) is 4.64. The summed E-state index contributed by atoms with van der Waals surface area (Å²) in [6.07, 6.45) is 3.29. The van der Waals surface area contributed by atoms with E-state index in [1.165, 1.54) is 18.2 Å². The lowest BCUT2D eigenvalue weighted by Gasteiger charge is -2.20. The summed E-state index contributed by atoms with van der Waals surface area (Å²) in [6.45, 7) is 0.228. The number of carbonyl (C=O) groups is 1. The molecule has 2 N–H and O–H groups in total. The molecule has 0 aliphatic carbocycles. The van der Waals surface area contributed by atoms with Crippen LogP contribution < -0.4 is 15.4 Å². The highest BCUT2D eigenvalue weighted by Crippen LogP contribution is 2.23. The lowest BCUT2D eigenvalue weighted by molar-refractivity contribution is 0.233. The Hall–Kier alpha value is -3.42. The molecule has 0 saturated carbocycles. The molecule has 0 aliphatic heterocycles. The van der Waals surface area contributed by atoms with Crippen molar-refractivity contribution in [3.05, 3.63) is 83.9 Å². The number of para-hydroxylation sites is 1. The normalized spacial score (nSPS) is 11.7. The average molecular weight is 386 g/mol. The number of aryl methyl sites for hydroxylation is 1. The Morgan fingerprint density at radius 3 is 2.54 bits per heavy atom. The van der Waals surface area contributed by atoms with Crippen LogP contribution in [0.15, 0.2) is 60.9 Å². The van der Waals surface area contributed by atoms with E-state index >= 15 is 0 Å². The fraction of sp³-hybridized carbons (Fsp3) is 0.200. The lowest BCUT2D eigenvalue weighted by atomic mass is 10.1. The lowest BCUT2D eigenvalue weighted by Crippen LogP contribution is -2.41. The van der Waals surface area contributed by atoms with Gasteiger partial charge >= 0.3 is 6.03 Å². The molecule has 0 saturated heterocycles. The molecule has 2 amide bonds. The predicted octanol–water partition coefficient (Wildman–Crippen LogP) is 3.17. The van der Waals surface area contributed by atoms with Gasteiger partial charge in [0.05, 0.1) is 6.54 Å². The summed E-state index contributed by atoms with van der Waals surface area (Å²) in [5, 5.41) is 5.34. The van der Waals surface area contributed by atoms with E-state index in [1.54, 1.807) is 54.3 Å². The maximum atomic E-state index is 14.3. The third-order valence-corrected chi connectivity index (χ3v) is 4.09. The van der Waals surface area contributed by atoms with Gasteiger partial charge in [0, 0.05) is 25.0 Å². The Morgan fingerprint density at radius 1 is 1.14 bits per heavy atom. The average Bonchev–Trinajstić information content (AvgIpc) is 3.11. The molecule has 1 atom stereocenters. The number of amides is 2. The number of benzene rings is 2. The van der Waals surface area contributed by atoms with E-state index in [2.05, 4.69) is 15.6 Å². The van der Waals surface area contributed by atoms with Gasteiger partial charge in [-0.3, -0.25) is 0 Å². The molecule has 0 spiro atoms.